The first-order valence-electron chi connectivity index (χ1n) is 33.2. The number of carbonyl (C=O) groups excluding carboxylic acids is 4. The number of hydrogen-bond acceptors (Lipinski definition) is 15. The van der Waals surface area contributed by atoms with Crippen molar-refractivity contribution in [3.63, 3.8) is 0 Å². The Morgan fingerprint density at radius 1 is 0.337 bits per heavy atom. The molecular formula is C64H124O17P2. The first-order valence-corrected chi connectivity index (χ1v) is 36.2. The molecule has 4 unspecified atom stereocenters. The summed E-state index contributed by atoms with van der Waals surface area (Å²) in [6.45, 7) is 13.9. The summed E-state index contributed by atoms with van der Waals surface area (Å²) >= 11 is 0. The molecule has 0 aliphatic heterocycles. The summed E-state index contributed by atoms with van der Waals surface area (Å²) in [7, 11) is -9.89. The van der Waals surface area contributed by atoms with Crippen LogP contribution < -0.4 is 0 Å². The quantitative estimate of drug-likeness (QED) is 0.0222. The second-order valence-electron chi connectivity index (χ2n) is 24.8. The van der Waals surface area contributed by atoms with Gasteiger partial charge in [-0.3, -0.25) is 37.3 Å². The lowest BCUT2D eigenvalue weighted by atomic mass is 10.00. The van der Waals surface area contributed by atoms with E-state index in [1.165, 1.54) is 103 Å². The third-order valence-electron chi connectivity index (χ3n) is 14.9. The third kappa shape index (κ3) is 57.6. The summed E-state index contributed by atoms with van der Waals surface area (Å²) in [5, 5.41) is 10.5. The standard InChI is InChI=1S/C64H124O17P2/c1-9-57(8)43-35-27-22-23-29-37-45-62(67)75-51-60(81-64(69)47-39-31-21-15-18-26-34-42-56(6)7)53-79-83(72,73)77-49-58(65)48-76-82(70,71)78-52-59(50-74-61(66)44-36-28-19-14-13-17-25-33-41-55(4)5)80-63(68)46-38-30-20-12-10-11-16-24-32-40-54(2)3/h54-60,65H,9-53H2,1-8H3,(H,70,71)(H,72,73)/t57?,58?,59-,60-/m1/s1. The van der Waals surface area contributed by atoms with Gasteiger partial charge in [-0.25, -0.2) is 9.13 Å². The van der Waals surface area contributed by atoms with Gasteiger partial charge in [0.25, 0.3) is 0 Å². The average molecular weight is 1230 g/mol. The molecule has 0 aromatic rings. The molecule has 0 amide bonds. The topological polar surface area (TPSA) is 237 Å². The molecule has 17 nitrogen and oxygen atoms in total. The molecule has 19 heteroatoms. The molecule has 0 fully saturated rings. The zero-order valence-electron chi connectivity index (χ0n) is 53.8. The molecule has 0 aromatic carbocycles. The van der Waals surface area contributed by atoms with E-state index >= 15 is 0 Å². The normalized spacial score (nSPS) is 14.8. The van der Waals surface area contributed by atoms with Crippen LogP contribution in [0, 0.1) is 23.7 Å². The predicted octanol–water partition coefficient (Wildman–Crippen LogP) is 17.4. The van der Waals surface area contributed by atoms with Gasteiger partial charge in [0.15, 0.2) is 12.2 Å². The fraction of sp³-hybridized carbons (Fsp3) is 0.938. The number of rotatable bonds is 61. The number of ether oxygens (including phenoxy) is 4. The van der Waals surface area contributed by atoms with Crippen LogP contribution in [0.4, 0.5) is 0 Å². The minimum atomic E-state index is -4.95. The number of esters is 4. The minimum absolute atomic E-state index is 0.102. The molecule has 0 aromatic heterocycles. The van der Waals surface area contributed by atoms with Crippen LogP contribution in [-0.4, -0.2) is 96.7 Å². The first kappa shape index (κ1) is 81.1. The van der Waals surface area contributed by atoms with Crippen molar-refractivity contribution < 1.29 is 80.2 Å². The Hall–Kier alpha value is -1.94. The van der Waals surface area contributed by atoms with E-state index in [0.717, 1.165) is 114 Å². The Bertz CT molecular complexity index is 1660. The van der Waals surface area contributed by atoms with Crippen LogP contribution in [0.2, 0.25) is 0 Å². The lowest BCUT2D eigenvalue weighted by molar-refractivity contribution is -0.161. The Kier molecular flexibility index (Phi) is 53.0. The monoisotopic (exact) mass is 1230 g/mol. The van der Waals surface area contributed by atoms with Gasteiger partial charge in [-0.1, -0.05) is 254 Å². The van der Waals surface area contributed by atoms with Gasteiger partial charge in [0.05, 0.1) is 26.4 Å². The van der Waals surface area contributed by atoms with Crippen LogP contribution >= 0.6 is 15.6 Å². The molecule has 83 heavy (non-hydrogen) atoms. The lowest BCUT2D eigenvalue weighted by Gasteiger charge is -2.21. The Balaban J connectivity index is 5.26. The molecule has 0 saturated heterocycles. The number of phosphoric acid groups is 2. The van der Waals surface area contributed by atoms with Crippen LogP contribution in [0.3, 0.4) is 0 Å². The predicted molar refractivity (Wildman–Crippen MR) is 331 cm³/mol. The van der Waals surface area contributed by atoms with Gasteiger partial charge in [0.2, 0.25) is 0 Å². The number of phosphoric ester groups is 2. The third-order valence-corrected chi connectivity index (χ3v) is 16.8. The fourth-order valence-corrected chi connectivity index (χ4v) is 11.0. The van der Waals surface area contributed by atoms with Crippen molar-refractivity contribution in [2.24, 2.45) is 23.7 Å². The van der Waals surface area contributed by atoms with E-state index in [1.807, 2.05) is 0 Å². The van der Waals surface area contributed by atoms with Crippen molar-refractivity contribution in [1.29, 1.82) is 0 Å². The molecule has 0 aliphatic rings. The second-order valence-corrected chi connectivity index (χ2v) is 27.7. The zero-order chi connectivity index (χ0) is 61.8. The van der Waals surface area contributed by atoms with E-state index in [2.05, 4.69) is 55.4 Å². The molecular weight excluding hydrogens is 1100 g/mol. The summed E-state index contributed by atoms with van der Waals surface area (Å²) < 4.78 is 68.0. The van der Waals surface area contributed by atoms with Gasteiger partial charge < -0.3 is 33.8 Å². The summed E-state index contributed by atoms with van der Waals surface area (Å²) in [5.41, 5.74) is 0. The van der Waals surface area contributed by atoms with E-state index in [1.54, 1.807) is 0 Å². The van der Waals surface area contributed by atoms with Crippen molar-refractivity contribution in [3.05, 3.63) is 0 Å². The fourth-order valence-electron chi connectivity index (χ4n) is 9.40. The van der Waals surface area contributed by atoms with Crippen molar-refractivity contribution in [3.8, 4) is 0 Å². The van der Waals surface area contributed by atoms with Crippen LogP contribution in [0.1, 0.15) is 306 Å². The van der Waals surface area contributed by atoms with Crippen molar-refractivity contribution >= 4 is 39.5 Å². The Labute approximate surface area is 505 Å². The van der Waals surface area contributed by atoms with Crippen molar-refractivity contribution in [2.75, 3.05) is 39.6 Å². The highest BCUT2D eigenvalue weighted by Crippen LogP contribution is 2.45. The smallest absolute Gasteiger partial charge is 0.462 e. The van der Waals surface area contributed by atoms with Crippen LogP contribution in [-0.2, 0) is 65.4 Å². The molecule has 0 rings (SSSR count). The van der Waals surface area contributed by atoms with Crippen LogP contribution in [0.25, 0.3) is 0 Å². The molecule has 492 valence electrons. The molecule has 3 N–H and O–H groups in total. The van der Waals surface area contributed by atoms with E-state index in [-0.39, 0.29) is 25.7 Å². The molecule has 0 aliphatic carbocycles. The average Bonchev–Trinajstić information content (AvgIpc) is 3.49. The largest absolute Gasteiger partial charge is 0.472 e. The van der Waals surface area contributed by atoms with Gasteiger partial charge in [-0.05, 0) is 49.4 Å². The zero-order valence-corrected chi connectivity index (χ0v) is 55.6. The molecule has 0 heterocycles. The lowest BCUT2D eigenvalue weighted by Crippen LogP contribution is -2.30. The maximum atomic E-state index is 13.0. The van der Waals surface area contributed by atoms with Crippen molar-refractivity contribution in [1.82, 2.24) is 0 Å². The maximum Gasteiger partial charge on any atom is 0.472 e. The SMILES string of the molecule is CCC(C)CCCCCCCCC(=O)OC[C@H](COP(=O)(O)OCC(O)COP(=O)(O)OC[C@@H](COC(=O)CCCCCCCCCCC(C)C)OC(=O)CCCCCCCCCCCC(C)C)OC(=O)CCCCCCCCCC(C)C. The number of unbranched alkanes of at least 4 members (excludes halogenated alkanes) is 26. The molecule has 0 radical (unpaired) electrons. The molecule has 0 saturated carbocycles. The minimum Gasteiger partial charge on any atom is -0.462 e. The number of aliphatic hydroxyl groups is 1. The highest BCUT2D eigenvalue weighted by molar-refractivity contribution is 7.47. The highest BCUT2D eigenvalue weighted by Gasteiger charge is 2.30. The van der Waals surface area contributed by atoms with Crippen LogP contribution in [0.5, 0.6) is 0 Å². The highest BCUT2D eigenvalue weighted by atomic mass is 31.2. The summed E-state index contributed by atoms with van der Waals surface area (Å²) in [6.07, 6.45) is 33.6. The van der Waals surface area contributed by atoms with Gasteiger partial charge in [0.1, 0.15) is 19.3 Å². The van der Waals surface area contributed by atoms with E-state index in [9.17, 15) is 43.2 Å². The van der Waals surface area contributed by atoms with E-state index in [4.69, 9.17) is 37.0 Å². The summed E-state index contributed by atoms with van der Waals surface area (Å²) in [5.74, 6) is 0.748. The molecule has 0 bridgehead atoms. The van der Waals surface area contributed by atoms with Crippen LogP contribution in [0.15, 0.2) is 0 Å². The number of hydrogen-bond donors (Lipinski definition) is 3. The van der Waals surface area contributed by atoms with E-state index < -0.39 is 97.5 Å². The maximum absolute atomic E-state index is 13.0. The number of aliphatic hydroxyl groups excluding tert-OH is 1. The van der Waals surface area contributed by atoms with E-state index in [0.29, 0.717) is 31.6 Å². The second kappa shape index (κ2) is 54.2. The van der Waals surface area contributed by atoms with Gasteiger partial charge in [-0.2, -0.15) is 0 Å². The van der Waals surface area contributed by atoms with Crippen molar-refractivity contribution in [2.45, 2.75) is 324 Å². The van der Waals surface area contributed by atoms with Gasteiger partial charge in [0, 0.05) is 25.7 Å². The summed E-state index contributed by atoms with van der Waals surface area (Å²) in [6, 6.07) is 0. The first-order chi connectivity index (χ1) is 39.6. The molecule has 6 atom stereocenters. The van der Waals surface area contributed by atoms with Gasteiger partial charge >= 0.3 is 39.5 Å². The Morgan fingerprint density at radius 2 is 0.578 bits per heavy atom. The Morgan fingerprint density at radius 3 is 0.855 bits per heavy atom. The summed E-state index contributed by atoms with van der Waals surface area (Å²) in [4.78, 5) is 72.2. The number of carbonyl (C=O) groups is 4. The molecule has 0 spiro atoms. The van der Waals surface area contributed by atoms with Gasteiger partial charge in [-0.15, -0.1) is 0 Å².